The minimum Gasteiger partial charge on any atom is -0.481 e. The molecule has 0 aliphatic rings. The Morgan fingerprint density at radius 3 is 2.74 bits per heavy atom. The van der Waals surface area contributed by atoms with Gasteiger partial charge in [0, 0.05) is 18.4 Å². The zero-order valence-corrected chi connectivity index (χ0v) is 11.5. The Bertz CT molecular complexity index is 575. The number of hydrogen-bond acceptors (Lipinski definition) is 2. The number of aromatic nitrogens is 2. The third kappa shape index (κ3) is 2.78. The Morgan fingerprint density at radius 1 is 1.37 bits per heavy atom. The molecule has 0 amide bonds. The SMILES string of the molecule is CCCC(Cc1nn(CC)c2ccccc12)C(=O)O. The van der Waals surface area contributed by atoms with Crippen LogP contribution in [0.15, 0.2) is 24.3 Å². The van der Waals surface area contributed by atoms with E-state index in [1.54, 1.807) is 0 Å². The van der Waals surface area contributed by atoms with Gasteiger partial charge in [0.15, 0.2) is 0 Å². The number of fused-ring (bicyclic) bond motifs is 1. The van der Waals surface area contributed by atoms with Crippen LogP contribution in [-0.2, 0) is 17.8 Å². The van der Waals surface area contributed by atoms with Crippen molar-refractivity contribution >= 4 is 16.9 Å². The predicted molar refractivity (Wildman–Crippen MR) is 75.1 cm³/mol. The molecular weight excluding hydrogens is 240 g/mol. The zero-order valence-electron chi connectivity index (χ0n) is 11.5. The molecule has 0 radical (unpaired) electrons. The number of nitrogens with zero attached hydrogens (tertiary/aromatic N) is 2. The first-order chi connectivity index (χ1) is 9.17. The van der Waals surface area contributed by atoms with E-state index in [1.807, 2.05) is 42.8 Å². The average molecular weight is 260 g/mol. The summed E-state index contributed by atoms with van der Waals surface area (Å²) in [6.45, 7) is 4.86. The van der Waals surface area contributed by atoms with Crippen LogP contribution in [0.1, 0.15) is 32.4 Å². The van der Waals surface area contributed by atoms with E-state index in [4.69, 9.17) is 0 Å². The molecule has 1 aromatic carbocycles. The van der Waals surface area contributed by atoms with Crippen LogP contribution < -0.4 is 0 Å². The third-order valence-corrected chi connectivity index (χ3v) is 3.46. The lowest BCUT2D eigenvalue weighted by Crippen LogP contribution is -2.16. The minimum absolute atomic E-state index is 0.339. The Balaban J connectivity index is 2.36. The smallest absolute Gasteiger partial charge is 0.306 e. The van der Waals surface area contributed by atoms with Crippen molar-refractivity contribution in [3.8, 4) is 0 Å². The average Bonchev–Trinajstić information content (AvgIpc) is 2.76. The molecule has 1 unspecified atom stereocenters. The van der Waals surface area contributed by atoms with Crippen LogP contribution >= 0.6 is 0 Å². The van der Waals surface area contributed by atoms with Gasteiger partial charge < -0.3 is 5.11 Å². The first-order valence-electron chi connectivity index (χ1n) is 6.84. The van der Waals surface area contributed by atoms with Crippen molar-refractivity contribution in [1.29, 1.82) is 0 Å². The maximum atomic E-state index is 11.3. The molecule has 4 heteroatoms. The molecule has 4 nitrogen and oxygen atoms in total. The highest BCUT2D eigenvalue weighted by molar-refractivity contribution is 5.82. The van der Waals surface area contributed by atoms with Gasteiger partial charge in [0.05, 0.1) is 17.1 Å². The van der Waals surface area contributed by atoms with E-state index in [0.717, 1.165) is 29.6 Å². The second kappa shape index (κ2) is 5.87. The third-order valence-electron chi connectivity index (χ3n) is 3.46. The summed E-state index contributed by atoms with van der Waals surface area (Å²) in [6.07, 6.45) is 2.09. The van der Waals surface area contributed by atoms with Crippen molar-refractivity contribution in [2.45, 2.75) is 39.7 Å². The fourth-order valence-electron chi connectivity index (χ4n) is 2.48. The van der Waals surface area contributed by atoms with E-state index in [1.165, 1.54) is 0 Å². The topological polar surface area (TPSA) is 55.1 Å². The summed E-state index contributed by atoms with van der Waals surface area (Å²) in [7, 11) is 0. The van der Waals surface area contributed by atoms with Crippen molar-refractivity contribution in [3.63, 3.8) is 0 Å². The van der Waals surface area contributed by atoms with E-state index in [9.17, 15) is 9.90 Å². The maximum Gasteiger partial charge on any atom is 0.306 e. The lowest BCUT2D eigenvalue weighted by atomic mass is 9.97. The lowest BCUT2D eigenvalue weighted by Gasteiger charge is -2.09. The van der Waals surface area contributed by atoms with Crippen LogP contribution in [0.4, 0.5) is 0 Å². The molecule has 0 spiro atoms. The van der Waals surface area contributed by atoms with Gasteiger partial charge in [0.2, 0.25) is 0 Å². The minimum atomic E-state index is -0.725. The summed E-state index contributed by atoms with van der Waals surface area (Å²) in [4.78, 5) is 11.3. The number of benzene rings is 1. The molecular formula is C15H20N2O2. The van der Waals surface area contributed by atoms with Crippen LogP contribution in [0, 0.1) is 5.92 Å². The van der Waals surface area contributed by atoms with Gasteiger partial charge in [-0.25, -0.2) is 0 Å². The van der Waals surface area contributed by atoms with Crippen molar-refractivity contribution < 1.29 is 9.90 Å². The van der Waals surface area contributed by atoms with Crippen molar-refractivity contribution in [3.05, 3.63) is 30.0 Å². The first kappa shape index (κ1) is 13.6. The molecule has 19 heavy (non-hydrogen) atoms. The Hall–Kier alpha value is -1.84. The lowest BCUT2D eigenvalue weighted by molar-refractivity contribution is -0.141. The summed E-state index contributed by atoms with van der Waals surface area (Å²) in [6, 6.07) is 8.02. The van der Waals surface area contributed by atoms with E-state index < -0.39 is 5.97 Å². The molecule has 2 aromatic rings. The van der Waals surface area contributed by atoms with Crippen LogP contribution in [-0.4, -0.2) is 20.9 Å². The fourth-order valence-corrected chi connectivity index (χ4v) is 2.48. The molecule has 1 aromatic heterocycles. The Kier molecular flexibility index (Phi) is 4.20. The molecule has 0 bridgehead atoms. The van der Waals surface area contributed by atoms with Gasteiger partial charge in [0.1, 0.15) is 0 Å². The summed E-state index contributed by atoms with van der Waals surface area (Å²) in [5.41, 5.74) is 1.99. The number of para-hydroxylation sites is 1. The van der Waals surface area contributed by atoms with E-state index in [0.29, 0.717) is 12.8 Å². The van der Waals surface area contributed by atoms with Crippen LogP contribution in [0.25, 0.3) is 10.9 Å². The number of rotatable bonds is 6. The van der Waals surface area contributed by atoms with Gasteiger partial charge in [-0.1, -0.05) is 31.5 Å². The number of aryl methyl sites for hydroxylation is 1. The maximum absolute atomic E-state index is 11.3. The van der Waals surface area contributed by atoms with Gasteiger partial charge in [0.25, 0.3) is 0 Å². The fraction of sp³-hybridized carbons (Fsp3) is 0.467. The number of carboxylic acids is 1. The zero-order chi connectivity index (χ0) is 13.8. The highest BCUT2D eigenvalue weighted by Gasteiger charge is 2.20. The molecule has 0 fully saturated rings. The number of aliphatic carboxylic acids is 1. The van der Waals surface area contributed by atoms with Crippen molar-refractivity contribution in [2.75, 3.05) is 0 Å². The van der Waals surface area contributed by atoms with Crippen LogP contribution in [0.5, 0.6) is 0 Å². The number of carboxylic acid groups (broad SMARTS) is 1. The standard InChI is InChI=1S/C15H20N2O2/c1-3-7-11(15(18)19)10-13-12-8-5-6-9-14(12)17(4-2)16-13/h5-6,8-9,11H,3-4,7,10H2,1-2H3,(H,18,19). The van der Waals surface area contributed by atoms with E-state index >= 15 is 0 Å². The molecule has 1 heterocycles. The molecule has 0 aliphatic heterocycles. The van der Waals surface area contributed by atoms with Gasteiger partial charge >= 0.3 is 5.97 Å². The molecule has 1 atom stereocenters. The quantitative estimate of drug-likeness (QED) is 0.868. The Morgan fingerprint density at radius 2 is 2.11 bits per heavy atom. The summed E-state index contributed by atoms with van der Waals surface area (Å²) in [5.74, 6) is -1.06. The van der Waals surface area contributed by atoms with Gasteiger partial charge in [-0.3, -0.25) is 9.48 Å². The summed E-state index contributed by atoms with van der Waals surface area (Å²) < 4.78 is 1.94. The Labute approximate surface area is 113 Å². The molecule has 0 aliphatic carbocycles. The van der Waals surface area contributed by atoms with Crippen LogP contribution in [0.2, 0.25) is 0 Å². The second-order valence-electron chi connectivity index (χ2n) is 4.81. The van der Waals surface area contributed by atoms with E-state index in [2.05, 4.69) is 5.10 Å². The van der Waals surface area contributed by atoms with Crippen LogP contribution in [0.3, 0.4) is 0 Å². The molecule has 0 saturated carbocycles. The molecule has 102 valence electrons. The summed E-state index contributed by atoms with van der Waals surface area (Å²) in [5, 5.41) is 14.9. The number of carbonyl (C=O) groups is 1. The predicted octanol–water partition coefficient (Wildman–Crippen LogP) is 3.10. The molecule has 0 saturated heterocycles. The van der Waals surface area contributed by atoms with Crippen molar-refractivity contribution in [1.82, 2.24) is 9.78 Å². The number of hydrogen-bond donors (Lipinski definition) is 1. The molecule has 2 rings (SSSR count). The van der Waals surface area contributed by atoms with Gasteiger partial charge in [-0.15, -0.1) is 0 Å². The first-order valence-corrected chi connectivity index (χ1v) is 6.84. The van der Waals surface area contributed by atoms with Gasteiger partial charge in [-0.2, -0.15) is 5.10 Å². The summed E-state index contributed by atoms with van der Waals surface area (Å²) >= 11 is 0. The highest BCUT2D eigenvalue weighted by atomic mass is 16.4. The second-order valence-corrected chi connectivity index (χ2v) is 4.81. The monoisotopic (exact) mass is 260 g/mol. The van der Waals surface area contributed by atoms with Gasteiger partial charge in [-0.05, 0) is 19.4 Å². The normalized spacial score (nSPS) is 12.7. The highest BCUT2D eigenvalue weighted by Crippen LogP contribution is 2.22. The van der Waals surface area contributed by atoms with Crippen molar-refractivity contribution in [2.24, 2.45) is 5.92 Å². The van der Waals surface area contributed by atoms with E-state index in [-0.39, 0.29) is 5.92 Å². The largest absolute Gasteiger partial charge is 0.481 e. The molecule has 1 N–H and O–H groups in total.